The third-order valence-electron chi connectivity index (χ3n) is 3.46. The average Bonchev–Trinajstić information content (AvgIpc) is 2.53. The topological polar surface area (TPSA) is 58.6 Å². The first-order valence-electron chi connectivity index (χ1n) is 8.08. The molecule has 2 rings (SSSR count). The number of hydrogen-bond donors (Lipinski definition) is 2. The first-order valence-corrected chi connectivity index (χ1v) is 8.08. The minimum absolute atomic E-state index is 0.0645. The molecule has 134 valence electrons. The Hall–Kier alpha value is -2.63. The van der Waals surface area contributed by atoms with Gasteiger partial charge in [-0.3, -0.25) is 4.79 Å². The van der Waals surface area contributed by atoms with Crippen LogP contribution < -0.4 is 10.1 Å². The molecule has 2 aromatic carbocycles. The molecule has 0 spiro atoms. The van der Waals surface area contributed by atoms with Gasteiger partial charge in [-0.25, -0.2) is 8.78 Å². The summed E-state index contributed by atoms with van der Waals surface area (Å²) in [7, 11) is 0. The average molecular weight is 349 g/mol. The summed E-state index contributed by atoms with van der Waals surface area (Å²) in [5, 5.41) is 11.8. The van der Waals surface area contributed by atoms with Gasteiger partial charge in [0.25, 0.3) is 0 Å². The van der Waals surface area contributed by atoms with Crippen molar-refractivity contribution in [2.75, 3.05) is 11.9 Å². The number of benzene rings is 2. The number of anilines is 1. The maximum absolute atomic E-state index is 14.3. The molecule has 25 heavy (non-hydrogen) atoms. The van der Waals surface area contributed by atoms with Gasteiger partial charge >= 0.3 is 5.97 Å². The summed E-state index contributed by atoms with van der Waals surface area (Å²) >= 11 is 0. The largest absolute Gasteiger partial charge is 0.488 e. The van der Waals surface area contributed by atoms with Gasteiger partial charge in [-0.15, -0.1) is 0 Å². The summed E-state index contributed by atoms with van der Waals surface area (Å²) in [5.74, 6) is -3.09. The van der Waals surface area contributed by atoms with Crippen molar-refractivity contribution >= 4 is 11.7 Å². The van der Waals surface area contributed by atoms with E-state index in [1.807, 2.05) is 26.0 Å². The number of rotatable bonds is 8. The van der Waals surface area contributed by atoms with Crippen molar-refractivity contribution in [1.82, 2.24) is 0 Å². The van der Waals surface area contributed by atoms with Crippen LogP contribution in [0, 0.1) is 11.6 Å². The summed E-state index contributed by atoms with van der Waals surface area (Å²) in [4.78, 5) is 10.4. The lowest BCUT2D eigenvalue weighted by molar-refractivity contribution is -0.137. The Morgan fingerprint density at radius 3 is 2.44 bits per heavy atom. The molecule has 6 heteroatoms. The van der Waals surface area contributed by atoms with E-state index in [9.17, 15) is 13.6 Å². The van der Waals surface area contributed by atoms with Crippen LogP contribution in [0.2, 0.25) is 0 Å². The third kappa shape index (κ3) is 5.17. The monoisotopic (exact) mass is 349 g/mol. The zero-order valence-corrected chi connectivity index (χ0v) is 14.2. The molecule has 0 aliphatic rings. The van der Waals surface area contributed by atoms with Crippen LogP contribution in [-0.4, -0.2) is 23.7 Å². The Morgan fingerprint density at radius 1 is 1.20 bits per heavy atom. The van der Waals surface area contributed by atoms with Gasteiger partial charge in [0.2, 0.25) is 0 Å². The number of carboxylic acid groups (broad SMARTS) is 1. The second-order valence-electron chi connectivity index (χ2n) is 5.96. The molecular weight excluding hydrogens is 328 g/mol. The molecule has 0 unspecified atom stereocenters. The number of halogens is 2. The summed E-state index contributed by atoms with van der Waals surface area (Å²) in [5.41, 5.74) is 1.87. The predicted molar refractivity (Wildman–Crippen MR) is 92.9 cm³/mol. The number of aliphatic carboxylic acids is 1. The molecule has 0 amide bonds. The van der Waals surface area contributed by atoms with Gasteiger partial charge in [-0.1, -0.05) is 18.2 Å². The van der Waals surface area contributed by atoms with Crippen LogP contribution in [0.15, 0.2) is 36.4 Å². The van der Waals surface area contributed by atoms with Crippen LogP contribution in [0.5, 0.6) is 5.75 Å². The summed E-state index contributed by atoms with van der Waals surface area (Å²) in [6.45, 7) is 3.89. The van der Waals surface area contributed by atoms with Crippen molar-refractivity contribution < 1.29 is 23.4 Å². The molecule has 0 aromatic heterocycles. The van der Waals surface area contributed by atoms with E-state index < -0.39 is 23.4 Å². The van der Waals surface area contributed by atoms with Crippen LogP contribution in [0.3, 0.4) is 0 Å². The molecule has 0 saturated heterocycles. The van der Waals surface area contributed by atoms with E-state index in [4.69, 9.17) is 9.84 Å². The molecule has 0 radical (unpaired) electrons. The van der Waals surface area contributed by atoms with Crippen molar-refractivity contribution in [2.24, 2.45) is 0 Å². The number of para-hydroxylation sites is 1. The van der Waals surface area contributed by atoms with Crippen molar-refractivity contribution in [3.8, 4) is 16.9 Å². The molecule has 2 N–H and O–H groups in total. The summed E-state index contributed by atoms with van der Waals surface area (Å²) in [6, 6.07) is 9.89. The number of nitrogens with one attached hydrogen (secondary N) is 1. The predicted octanol–water partition coefficient (Wildman–Crippen LogP) is 4.70. The molecule has 2 aromatic rings. The van der Waals surface area contributed by atoms with E-state index in [0.717, 1.165) is 5.69 Å². The van der Waals surface area contributed by atoms with Crippen molar-refractivity contribution in [3.05, 3.63) is 48.0 Å². The van der Waals surface area contributed by atoms with E-state index >= 15 is 0 Å². The van der Waals surface area contributed by atoms with Crippen molar-refractivity contribution in [2.45, 2.75) is 32.7 Å². The van der Waals surface area contributed by atoms with Gasteiger partial charge in [-0.05, 0) is 44.0 Å². The number of hydrogen-bond acceptors (Lipinski definition) is 3. The molecule has 4 nitrogen and oxygen atoms in total. The Labute approximate surface area is 145 Å². The Balaban J connectivity index is 2.23. The zero-order valence-electron chi connectivity index (χ0n) is 14.2. The first kappa shape index (κ1) is 18.7. The lowest BCUT2D eigenvalue weighted by Gasteiger charge is -2.16. The van der Waals surface area contributed by atoms with Crippen LogP contribution in [0.1, 0.15) is 26.7 Å². The van der Waals surface area contributed by atoms with E-state index in [0.29, 0.717) is 11.1 Å². The number of ether oxygens (including phenoxy) is 1. The minimum atomic E-state index is -0.978. The maximum Gasteiger partial charge on any atom is 0.303 e. The highest BCUT2D eigenvalue weighted by atomic mass is 19.1. The molecule has 0 aliphatic carbocycles. The third-order valence-corrected chi connectivity index (χ3v) is 3.46. The van der Waals surface area contributed by atoms with Gasteiger partial charge in [0, 0.05) is 23.7 Å². The second-order valence-corrected chi connectivity index (χ2v) is 5.96. The molecule has 0 atom stereocenters. The zero-order chi connectivity index (χ0) is 18.4. The first-order chi connectivity index (χ1) is 11.9. The smallest absolute Gasteiger partial charge is 0.303 e. The fraction of sp³-hybridized carbons (Fsp3) is 0.316. The molecule has 0 bridgehead atoms. The standard InChI is InChI=1S/C19H21F2NO3/c1-12(2)22-17-7-4-3-6-14(17)13-10-15(20)19(16(21)11-13)25-9-5-8-18(23)24/h3-4,6-7,10-12,22H,5,8-9H2,1-2H3,(H,23,24). The van der Waals surface area contributed by atoms with Crippen molar-refractivity contribution in [3.63, 3.8) is 0 Å². The quantitative estimate of drug-likeness (QED) is 0.679. The highest BCUT2D eigenvalue weighted by Gasteiger charge is 2.15. The molecule has 0 saturated carbocycles. The fourth-order valence-corrected chi connectivity index (χ4v) is 2.42. The summed E-state index contributed by atoms with van der Waals surface area (Å²) < 4.78 is 33.6. The molecule has 0 fully saturated rings. The van der Waals surface area contributed by atoms with Crippen LogP contribution in [0.4, 0.5) is 14.5 Å². The van der Waals surface area contributed by atoms with Gasteiger partial charge in [-0.2, -0.15) is 0 Å². The van der Waals surface area contributed by atoms with E-state index in [1.165, 1.54) is 12.1 Å². The second kappa shape index (κ2) is 8.46. The maximum atomic E-state index is 14.3. The molecule has 0 aliphatic heterocycles. The van der Waals surface area contributed by atoms with Crippen molar-refractivity contribution in [1.29, 1.82) is 0 Å². The number of carbonyl (C=O) groups is 1. The summed E-state index contributed by atoms with van der Waals surface area (Å²) in [6.07, 6.45) is 0.0622. The van der Waals surface area contributed by atoms with Crippen LogP contribution in [0.25, 0.3) is 11.1 Å². The normalized spacial score (nSPS) is 10.8. The van der Waals surface area contributed by atoms with Gasteiger partial charge < -0.3 is 15.2 Å². The Kier molecular flexibility index (Phi) is 6.33. The fourth-order valence-electron chi connectivity index (χ4n) is 2.42. The lowest BCUT2D eigenvalue weighted by atomic mass is 10.0. The lowest BCUT2D eigenvalue weighted by Crippen LogP contribution is -2.10. The highest BCUT2D eigenvalue weighted by Crippen LogP contribution is 2.33. The van der Waals surface area contributed by atoms with Crippen LogP contribution >= 0.6 is 0 Å². The van der Waals surface area contributed by atoms with E-state index in [2.05, 4.69) is 5.32 Å². The Bertz CT molecular complexity index is 724. The van der Waals surface area contributed by atoms with E-state index in [1.54, 1.807) is 12.1 Å². The van der Waals surface area contributed by atoms with Gasteiger partial charge in [0.05, 0.1) is 6.61 Å². The molecular formula is C19H21F2NO3. The number of carboxylic acids is 1. The van der Waals surface area contributed by atoms with Gasteiger partial charge in [0.15, 0.2) is 17.4 Å². The highest BCUT2D eigenvalue weighted by molar-refractivity contribution is 5.78. The van der Waals surface area contributed by atoms with Crippen LogP contribution in [-0.2, 0) is 4.79 Å². The van der Waals surface area contributed by atoms with Gasteiger partial charge in [0.1, 0.15) is 0 Å². The SMILES string of the molecule is CC(C)Nc1ccccc1-c1cc(F)c(OCCCC(=O)O)c(F)c1. The molecule has 0 heterocycles. The minimum Gasteiger partial charge on any atom is -0.488 e. The Morgan fingerprint density at radius 2 is 1.84 bits per heavy atom. The van der Waals surface area contributed by atoms with E-state index in [-0.39, 0.29) is 25.5 Å².